The van der Waals surface area contributed by atoms with Crippen LogP contribution >= 0.6 is 0 Å². The lowest BCUT2D eigenvalue weighted by Gasteiger charge is -2.10. The van der Waals surface area contributed by atoms with Gasteiger partial charge >= 0.3 is 5.97 Å². The molecule has 1 aromatic rings. The number of nitrogens with zero attached hydrogens (tertiary/aromatic N) is 1. The summed E-state index contributed by atoms with van der Waals surface area (Å²) in [5, 5.41) is 16.3. The highest BCUT2D eigenvalue weighted by atomic mass is 16.5. The third kappa shape index (κ3) is 3.61. The minimum atomic E-state index is -1.32. The summed E-state index contributed by atoms with van der Waals surface area (Å²) in [6, 6.07) is 10.2. The molecule has 0 aromatic heterocycles. The molecule has 0 saturated carbocycles. The minimum Gasteiger partial charge on any atom is -0.465 e. The number of rotatable bonds is 4. The number of nitriles is 1. The maximum Gasteiger partial charge on any atom is 0.332 e. The predicted molar refractivity (Wildman–Crippen MR) is 60.5 cm³/mol. The highest BCUT2D eigenvalue weighted by molar-refractivity contribution is 5.99. The Balaban J connectivity index is 2.69. The summed E-state index contributed by atoms with van der Waals surface area (Å²) < 4.78 is 9.77. The number of para-hydroxylation sites is 1. The van der Waals surface area contributed by atoms with Crippen LogP contribution in [0.25, 0.3) is 0 Å². The molecule has 88 valence electrons. The molecule has 0 spiro atoms. The summed E-state index contributed by atoms with van der Waals surface area (Å²) in [6.45, 7) is 1.80. The van der Waals surface area contributed by atoms with Crippen LogP contribution in [0.4, 0.5) is 0 Å². The molecule has 0 fully saturated rings. The van der Waals surface area contributed by atoms with Crippen LogP contribution in [0.5, 0.6) is 5.75 Å². The number of carbonyl (C=O) groups excluding carboxylic acids is 1. The van der Waals surface area contributed by atoms with E-state index in [0.29, 0.717) is 5.75 Å². The molecule has 1 atom stereocenters. The van der Waals surface area contributed by atoms with Crippen molar-refractivity contribution in [2.75, 3.05) is 6.61 Å². The Hall–Kier alpha value is -2.35. The highest BCUT2D eigenvalue weighted by Gasteiger charge is 2.26. The van der Waals surface area contributed by atoms with Crippen molar-refractivity contribution in [3.63, 3.8) is 0 Å². The maximum absolute atomic E-state index is 11.3. The Labute approximate surface area is 99.1 Å². The van der Waals surface area contributed by atoms with Crippen molar-refractivity contribution in [1.29, 1.82) is 10.7 Å². The molecule has 0 aliphatic rings. The summed E-state index contributed by atoms with van der Waals surface area (Å²) in [4.78, 5) is 11.3. The summed E-state index contributed by atoms with van der Waals surface area (Å²) in [5.41, 5.74) is 0. The Morgan fingerprint density at radius 1 is 1.47 bits per heavy atom. The van der Waals surface area contributed by atoms with Gasteiger partial charge < -0.3 is 9.47 Å². The van der Waals surface area contributed by atoms with Crippen LogP contribution in [-0.2, 0) is 9.53 Å². The summed E-state index contributed by atoms with van der Waals surface area (Å²) in [7, 11) is 0. The van der Waals surface area contributed by atoms with Crippen LogP contribution in [0.2, 0.25) is 0 Å². The molecule has 0 bridgehead atoms. The Morgan fingerprint density at radius 3 is 2.65 bits per heavy atom. The standard InChI is InChI=1S/C12H12N2O3/c1-2-16-12(15)10(8-13)11(14)17-9-6-4-3-5-7-9/h3-7,10,14H,2H2,1H3. The van der Waals surface area contributed by atoms with Crippen molar-refractivity contribution in [3.8, 4) is 11.8 Å². The molecule has 0 aliphatic carbocycles. The van der Waals surface area contributed by atoms with Gasteiger partial charge in [-0.3, -0.25) is 10.2 Å². The van der Waals surface area contributed by atoms with Gasteiger partial charge in [0.15, 0.2) is 0 Å². The lowest BCUT2D eigenvalue weighted by molar-refractivity contribution is -0.144. The number of benzene rings is 1. The van der Waals surface area contributed by atoms with Crippen LogP contribution in [0.3, 0.4) is 0 Å². The Kier molecular flexibility index (Phi) is 4.70. The molecule has 1 unspecified atom stereocenters. The molecular formula is C12H12N2O3. The van der Waals surface area contributed by atoms with E-state index in [1.807, 2.05) is 0 Å². The van der Waals surface area contributed by atoms with E-state index in [1.165, 1.54) is 0 Å². The van der Waals surface area contributed by atoms with Crippen LogP contribution < -0.4 is 4.74 Å². The highest BCUT2D eigenvalue weighted by Crippen LogP contribution is 2.12. The average molecular weight is 232 g/mol. The first-order valence-corrected chi connectivity index (χ1v) is 5.06. The second-order valence-electron chi connectivity index (χ2n) is 3.09. The zero-order chi connectivity index (χ0) is 12.7. The normalized spacial score (nSPS) is 11.1. The Morgan fingerprint density at radius 2 is 2.12 bits per heavy atom. The van der Waals surface area contributed by atoms with Crippen molar-refractivity contribution in [1.82, 2.24) is 0 Å². The molecule has 0 radical (unpaired) electrons. The van der Waals surface area contributed by atoms with Gasteiger partial charge in [0, 0.05) is 0 Å². The predicted octanol–water partition coefficient (Wildman–Crippen LogP) is 1.75. The van der Waals surface area contributed by atoms with E-state index < -0.39 is 17.8 Å². The van der Waals surface area contributed by atoms with E-state index in [-0.39, 0.29) is 6.61 Å². The van der Waals surface area contributed by atoms with E-state index in [0.717, 1.165) is 0 Å². The molecule has 5 heteroatoms. The Bertz CT molecular complexity index is 437. The van der Waals surface area contributed by atoms with Crippen LogP contribution in [0.15, 0.2) is 30.3 Å². The zero-order valence-electron chi connectivity index (χ0n) is 9.34. The topological polar surface area (TPSA) is 83.2 Å². The number of hydrogen-bond donors (Lipinski definition) is 1. The quantitative estimate of drug-likeness (QED) is 0.487. The van der Waals surface area contributed by atoms with Crippen LogP contribution in [0.1, 0.15) is 6.92 Å². The van der Waals surface area contributed by atoms with Crippen LogP contribution in [-0.4, -0.2) is 18.5 Å². The molecule has 0 amide bonds. The van der Waals surface area contributed by atoms with Crippen molar-refractivity contribution in [3.05, 3.63) is 30.3 Å². The molecule has 5 nitrogen and oxygen atoms in total. The lowest BCUT2D eigenvalue weighted by Crippen LogP contribution is -2.28. The maximum atomic E-state index is 11.3. The third-order valence-electron chi connectivity index (χ3n) is 1.88. The van der Waals surface area contributed by atoms with Gasteiger partial charge in [0.2, 0.25) is 11.8 Å². The molecule has 0 heterocycles. The fraction of sp³-hybridized carbons (Fsp3) is 0.250. The second-order valence-corrected chi connectivity index (χ2v) is 3.09. The number of ether oxygens (including phenoxy) is 2. The number of nitrogens with one attached hydrogen (secondary N) is 1. The number of carbonyl (C=O) groups is 1. The van der Waals surface area contributed by atoms with E-state index in [4.69, 9.17) is 15.4 Å². The van der Waals surface area contributed by atoms with Gasteiger partial charge in [-0.1, -0.05) is 18.2 Å². The van der Waals surface area contributed by atoms with Gasteiger partial charge in [-0.05, 0) is 19.1 Å². The smallest absolute Gasteiger partial charge is 0.332 e. The van der Waals surface area contributed by atoms with Crippen LogP contribution in [0, 0.1) is 22.7 Å². The summed E-state index contributed by atoms with van der Waals surface area (Å²) in [5.74, 6) is -2.12. The molecule has 17 heavy (non-hydrogen) atoms. The first-order chi connectivity index (χ1) is 8.19. The number of hydrogen-bond acceptors (Lipinski definition) is 5. The van der Waals surface area contributed by atoms with Crippen molar-refractivity contribution in [2.45, 2.75) is 6.92 Å². The fourth-order valence-electron chi connectivity index (χ4n) is 1.12. The molecule has 0 aliphatic heterocycles. The third-order valence-corrected chi connectivity index (χ3v) is 1.88. The largest absolute Gasteiger partial charge is 0.465 e. The van der Waals surface area contributed by atoms with E-state index in [9.17, 15) is 4.79 Å². The molecular weight excluding hydrogens is 220 g/mol. The van der Waals surface area contributed by atoms with Gasteiger partial charge in [0.05, 0.1) is 12.7 Å². The first-order valence-electron chi connectivity index (χ1n) is 5.06. The first kappa shape index (κ1) is 12.7. The molecule has 0 saturated heterocycles. The average Bonchev–Trinajstić information content (AvgIpc) is 2.31. The van der Waals surface area contributed by atoms with E-state index >= 15 is 0 Å². The van der Waals surface area contributed by atoms with E-state index in [2.05, 4.69) is 4.74 Å². The lowest BCUT2D eigenvalue weighted by atomic mass is 10.2. The van der Waals surface area contributed by atoms with Gasteiger partial charge in [0.1, 0.15) is 5.75 Å². The minimum absolute atomic E-state index is 0.162. The van der Waals surface area contributed by atoms with Gasteiger partial charge in [-0.2, -0.15) is 5.26 Å². The summed E-state index contributed by atoms with van der Waals surface area (Å²) in [6.07, 6.45) is 0. The number of esters is 1. The zero-order valence-corrected chi connectivity index (χ0v) is 9.34. The second kappa shape index (κ2) is 6.28. The van der Waals surface area contributed by atoms with Gasteiger partial charge in [-0.25, -0.2) is 0 Å². The SMILES string of the molecule is CCOC(=O)C(C#N)C(=N)Oc1ccccc1. The monoisotopic (exact) mass is 232 g/mol. The van der Waals surface area contributed by atoms with Gasteiger partial charge in [0.25, 0.3) is 0 Å². The summed E-state index contributed by atoms with van der Waals surface area (Å²) >= 11 is 0. The molecule has 1 N–H and O–H groups in total. The van der Waals surface area contributed by atoms with Crippen molar-refractivity contribution < 1.29 is 14.3 Å². The van der Waals surface area contributed by atoms with Crippen molar-refractivity contribution in [2.24, 2.45) is 5.92 Å². The molecule has 1 aromatic carbocycles. The van der Waals surface area contributed by atoms with Gasteiger partial charge in [-0.15, -0.1) is 0 Å². The fourth-order valence-corrected chi connectivity index (χ4v) is 1.12. The molecule has 1 rings (SSSR count). The van der Waals surface area contributed by atoms with E-state index in [1.54, 1.807) is 43.3 Å². The van der Waals surface area contributed by atoms with Crippen molar-refractivity contribution >= 4 is 11.9 Å².